The summed E-state index contributed by atoms with van der Waals surface area (Å²) < 4.78 is 0. The van der Waals surface area contributed by atoms with E-state index in [1.165, 1.54) is 0 Å². The fraction of sp³-hybridized carbons (Fsp3) is 0. The Morgan fingerprint density at radius 2 is 2.00 bits per heavy atom. The smallest absolute Gasteiger partial charge is 0.315 e. The second kappa shape index (κ2) is 4.49. The topological polar surface area (TPSA) is 141 Å². The van der Waals surface area contributed by atoms with Gasteiger partial charge in [-0.2, -0.15) is 0 Å². The Bertz CT molecular complexity index is 756. The molecule has 0 bridgehead atoms. The lowest BCUT2D eigenvalue weighted by atomic mass is 10.3. The summed E-state index contributed by atoms with van der Waals surface area (Å²) >= 11 is 0. The van der Waals surface area contributed by atoms with Crippen LogP contribution in [0, 0.1) is 0 Å². The van der Waals surface area contributed by atoms with Crippen LogP contribution in [0.15, 0.2) is 33.0 Å². The standard InChI is InChI=1S/C9H7N5O4/c15-6-1-4(11-3-12-6)7(16)13-5-2-10-9(18)14-8(5)17/h1-3H,(H,13,16)(H,11,12,15)(H2,10,14,17,18). The fourth-order valence-electron chi connectivity index (χ4n) is 1.18. The predicted octanol–water partition coefficient (Wildman–Crippen LogP) is -1.60. The van der Waals surface area contributed by atoms with Crippen molar-refractivity contribution in [2.75, 3.05) is 5.32 Å². The first-order valence-corrected chi connectivity index (χ1v) is 4.74. The maximum Gasteiger partial charge on any atom is 0.325 e. The molecule has 2 aromatic rings. The summed E-state index contributed by atoms with van der Waals surface area (Å²) in [6, 6.07) is 0.981. The number of aromatic nitrogens is 4. The van der Waals surface area contributed by atoms with Crippen molar-refractivity contribution in [2.45, 2.75) is 0 Å². The summed E-state index contributed by atoms with van der Waals surface area (Å²) in [5.74, 6) is -0.737. The number of hydrogen-bond acceptors (Lipinski definition) is 5. The summed E-state index contributed by atoms with van der Waals surface area (Å²) in [5.41, 5.74) is -2.24. The van der Waals surface area contributed by atoms with Crippen molar-refractivity contribution in [3.63, 3.8) is 0 Å². The average molecular weight is 249 g/mol. The number of carbonyl (C=O) groups is 1. The molecule has 9 nitrogen and oxygen atoms in total. The van der Waals surface area contributed by atoms with Crippen LogP contribution in [0.4, 0.5) is 5.69 Å². The van der Waals surface area contributed by atoms with Crippen LogP contribution in [0.3, 0.4) is 0 Å². The summed E-state index contributed by atoms with van der Waals surface area (Å²) in [6.45, 7) is 0. The molecule has 92 valence electrons. The van der Waals surface area contributed by atoms with Crippen LogP contribution >= 0.6 is 0 Å². The Kier molecular flexibility index (Phi) is 2.87. The van der Waals surface area contributed by atoms with E-state index in [2.05, 4.69) is 20.3 Å². The number of nitrogens with one attached hydrogen (secondary N) is 4. The monoisotopic (exact) mass is 249 g/mol. The van der Waals surface area contributed by atoms with E-state index in [-0.39, 0.29) is 11.4 Å². The summed E-state index contributed by atoms with van der Waals surface area (Å²) in [7, 11) is 0. The van der Waals surface area contributed by atoms with Crippen molar-refractivity contribution in [3.8, 4) is 0 Å². The molecular formula is C9H7N5O4. The minimum absolute atomic E-state index is 0.149. The minimum atomic E-state index is -0.753. The summed E-state index contributed by atoms with van der Waals surface area (Å²) in [4.78, 5) is 54.7. The molecule has 4 N–H and O–H groups in total. The first kappa shape index (κ1) is 11.5. The molecule has 0 atom stereocenters. The second-order valence-electron chi connectivity index (χ2n) is 3.24. The van der Waals surface area contributed by atoms with Gasteiger partial charge in [0.1, 0.15) is 11.4 Å². The molecule has 0 aliphatic carbocycles. The van der Waals surface area contributed by atoms with Gasteiger partial charge in [-0.25, -0.2) is 9.78 Å². The molecule has 0 spiro atoms. The molecule has 9 heteroatoms. The van der Waals surface area contributed by atoms with Crippen molar-refractivity contribution in [1.29, 1.82) is 0 Å². The van der Waals surface area contributed by atoms with Gasteiger partial charge in [0, 0.05) is 12.3 Å². The molecule has 0 saturated heterocycles. The molecule has 0 fully saturated rings. The maximum atomic E-state index is 11.6. The molecule has 0 radical (unpaired) electrons. The largest absolute Gasteiger partial charge is 0.325 e. The number of rotatable bonds is 2. The molecule has 0 aromatic carbocycles. The predicted molar refractivity (Wildman–Crippen MR) is 60.5 cm³/mol. The summed E-state index contributed by atoms with van der Waals surface area (Å²) in [5, 5.41) is 2.21. The maximum absolute atomic E-state index is 11.6. The number of nitrogens with zero attached hydrogens (tertiary/aromatic N) is 1. The fourth-order valence-corrected chi connectivity index (χ4v) is 1.18. The van der Waals surface area contributed by atoms with Gasteiger partial charge in [0.25, 0.3) is 17.0 Å². The van der Waals surface area contributed by atoms with Gasteiger partial charge < -0.3 is 15.3 Å². The second-order valence-corrected chi connectivity index (χ2v) is 3.24. The Morgan fingerprint density at radius 3 is 2.67 bits per heavy atom. The number of amides is 1. The van der Waals surface area contributed by atoms with Gasteiger partial charge >= 0.3 is 5.69 Å². The zero-order valence-electron chi connectivity index (χ0n) is 8.81. The Labute approximate surface area is 97.9 Å². The molecule has 0 saturated carbocycles. The Hall–Kier alpha value is -2.97. The van der Waals surface area contributed by atoms with E-state index in [9.17, 15) is 19.2 Å². The van der Waals surface area contributed by atoms with Crippen molar-refractivity contribution >= 4 is 11.6 Å². The average Bonchev–Trinajstić information content (AvgIpc) is 2.32. The number of carbonyl (C=O) groups excluding carboxylic acids is 1. The van der Waals surface area contributed by atoms with Gasteiger partial charge in [-0.3, -0.25) is 19.4 Å². The molecule has 0 aliphatic heterocycles. The Morgan fingerprint density at radius 1 is 1.22 bits per heavy atom. The minimum Gasteiger partial charge on any atom is -0.315 e. The molecule has 0 aliphatic rings. The molecule has 2 rings (SSSR count). The SMILES string of the molecule is O=C(Nc1c[nH]c(=O)[nH]c1=O)c1cc(=O)[nH]cn1. The quantitative estimate of drug-likeness (QED) is 0.507. The molecule has 1 amide bonds. The van der Waals surface area contributed by atoms with E-state index >= 15 is 0 Å². The number of H-pyrrole nitrogens is 3. The van der Waals surface area contributed by atoms with Gasteiger partial charge in [-0.05, 0) is 0 Å². The lowest BCUT2D eigenvalue weighted by Crippen LogP contribution is -2.27. The third-order valence-electron chi connectivity index (χ3n) is 1.98. The normalized spacial score (nSPS) is 10.0. The van der Waals surface area contributed by atoms with E-state index in [0.717, 1.165) is 18.6 Å². The van der Waals surface area contributed by atoms with Crippen molar-refractivity contribution < 1.29 is 4.79 Å². The lowest BCUT2D eigenvalue weighted by Gasteiger charge is -2.01. The van der Waals surface area contributed by atoms with Crippen LogP contribution in [-0.2, 0) is 0 Å². The third kappa shape index (κ3) is 2.40. The molecular weight excluding hydrogens is 242 g/mol. The number of aromatic amines is 3. The highest BCUT2D eigenvalue weighted by Crippen LogP contribution is 1.96. The van der Waals surface area contributed by atoms with E-state index in [4.69, 9.17) is 0 Å². The van der Waals surface area contributed by atoms with Crippen molar-refractivity contribution in [3.05, 3.63) is 55.5 Å². The highest BCUT2D eigenvalue weighted by Gasteiger charge is 2.10. The van der Waals surface area contributed by atoms with Gasteiger partial charge in [0.15, 0.2) is 0 Å². The highest BCUT2D eigenvalue weighted by molar-refractivity contribution is 6.02. The molecule has 2 aromatic heterocycles. The van der Waals surface area contributed by atoms with Crippen LogP contribution in [0.5, 0.6) is 0 Å². The van der Waals surface area contributed by atoms with Gasteiger partial charge in [-0.15, -0.1) is 0 Å². The Balaban J connectivity index is 2.29. The zero-order chi connectivity index (χ0) is 13.1. The number of anilines is 1. The van der Waals surface area contributed by atoms with Crippen LogP contribution in [0.1, 0.15) is 10.5 Å². The van der Waals surface area contributed by atoms with Gasteiger partial charge in [-0.1, -0.05) is 0 Å². The van der Waals surface area contributed by atoms with Crippen LogP contribution in [0.25, 0.3) is 0 Å². The van der Waals surface area contributed by atoms with Crippen molar-refractivity contribution in [1.82, 2.24) is 19.9 Å². The van der Waals surface area contributed by atoms with Crippen LogP contribution < -0.4 is 22.1 Å². The van der Waals surface area contributed by atoms with E-state index in [0.29, 0.717) is 0 Å². The van der Waals surface area contributed by atoms with E-state index < -0.39 is 22.7 Å². The third-order valence-corrected chi connectivity index (χ3v) is 1.98. The van der Waals surface area contributed by atoms with Crippen molar-refractivity contribution in [2.24, 2.45) is 0 Å². The van der Waals surface area contributed by atoms with Gasteiger partial charge in [0.05, 0.1) is 6.33 Å². The first-order valence-electron chi connectivity index (χ1n) is 4.74. The van der Waals surface area contributed by atoms with E-state index in [1.54, 1.807) is 0 Å². The first-order chi connectivity index (χ1) is 8.56. The van der Waals surface area contributed by atoms with Crippen LogP contribution in [0.2, 0.25) is 0 Å². The molecule has 18 heavy (non-hydrogen) atoms. The van der Waals surface area contributed by atoms with Crippen LogP contribution in [-0.4, -0.2) is 25.8 Å². The molecule has 0 unspecified atom stereocenters. The molecule has 2 heterocycles. The summed E-state index contributed by atoms with van der Waals surface area (Å²) in [6.07, 6.45) is 2.11. The number of hydrogen-bond donors (Lipinski definition) is 4. The zero-order valence-corrected chi connectivity index (χ0v) is 8.81. The van der Waals surface area contributed by atoms with Gasteiger partial charge in [0.2, 0.25) is 0 Å². The highest BCUT2D eigenvalue weighted by atomic mass is 16.2. The lowest BCUT2D eigenvalue weighted by molar-refractivity contribution is 0.102. The van der Waals surface area contributed by atoms with E-state index in [1.807, 2.05) is 4.98 Å².